The van der Waals surface area contributed by atoms with E-state index in [1.54, 1.807) is 55.5 Å². The van der Waals surface area contributed by atoms with Gasteiger partial charge in [0.25, 0.3) is 15.9 Å². The molecule has 0 aromatic heterocycles. The molecule has 8 nitrogen and oxygen atoms in total. The van der Waals surface area contributed by atoms with Crippen LogP contribution in [0.2, 0.25) is 10.0 Å². The van der Waals surface area contributed by atoms with Crippen LogP contribution in [0.5, 0.6) is 5.75 Å². The molecule has 2 amide bonds. The van der Waals surface area contributed by atoms with E-state index in [9.17, 15) is 22.4 Å². The van der Waals surface area contributed by atoms with Crippen LogP contribution >= 0.6 is 23.2 Å². The van der Waals surface area contributed by atoms with Crippen molar-refractivity contribution in [2.75, 3.05) is 11.3 Å². The third kappa shape index (κ3) is 9.18. The van der Waals surface area contributed by atoms with Crippen molar-refractivity contribution in [1.29, 1.82) is 0 Å². The molecule has 4 aromatic rings. The number of hydrogen-bond donors (Lipinski definition) is 2. The second-order valence-corrected chi connectivity index (χ2v) is 12.1. The molecule has 0 aliphatic heterocycles. The number of nitrogens with zero attached hydrogens (tertiary/aromatic N) is 1. The molecule has 0 fully saturated rings. The fourth-order valence-electron chi connectivity index (χ4n) is 3.98. The van der Waals surface area contributed by atoms with Gasteiger partial charge in [-0.2, -0.15) is 0 Å². The van der Waals surface area contributed by atoms with Crippen molar-refractivity contribution >= 4 is 50.7 Å². The van der Waals surface area contributed by atoms with Gasteiger partial charge in [0.05, 0.1) is 4.90 Å². The molecule has 0 radical (unpaired) electrons. The largest absolute Gasteiger partial charge is 0.484 e. The van der Waals surface area contributed by atoms with Crippen molar-refractivity contribution in [1.82, 2.24) is 10.2 Å². The smallest absolute Gasteiger partial charge is 0.261 e. The Morgan fingerprint density at radius 1 is 0.837 bits per heavy atom. The normalized spacial score (nSPS) is 11.8. The molecule has 0 heterocycles. The maximum Gasteiger partial charge on any atom is 0.261 e. The Balaban J connectivity index is 1.41. The first-order valence-corrected chi connectivity index (χ1v) is 15.3. The number of carbonyl (C=O) groups is 2. The van der Waals surface area contributed by atoms with E-state index in [0.29, 0.717) is 10.0 Å². The minimum Gasteiger partial charge on any atom is -0.484 e. The highest BCUT2D eigenvalue weighted by Gasteiger charge is 2.26. The molecule has 0 unspecified atom stereocenters. The first kappa shape index (κ1) is 31.8. The summed E-state index contributed by atoms with van der Waals surface area (Å²) in [6.45, 7) is 1.60. The zero-order chi connectivity index (χ0) is 31.0. The van der Waals surface area contributed by atoms with Gasteiger partial charge in [-0.15, -0.1) is 0 Å². The van der Waals surface area contributed by atoms with Crippen molar-refractivity contribution in [3.05, 3.63) is 124 Å². The Morgan fingerprint density at radius 2 is 1.40 bits per heavy atom. The predicted octanol–water partition coefficient (Wildman–Crippen LogP) is 6.05. The highest BCUT2D eigenvalue weighted by Crippen LogP contribution is 2.20. The quantitative estimate of drug-likeness (QED) is 0.196. The van der Waals surface area contributed by atoms with Crippen LogP contribution in [-0.4, -0.2) is 37.8 Å². The summed E-state index contributed by atoms with van der Waals surface area (Å²) in [6.07, 6.45) is 0. The number of sulfonamides is 1. The molecule has 0 aliphatic rings. The van der Waals surface area contributed by atoms with Gasteiger partial charge in [-0.05, 0) is 90.8 Å². The number of benzene rings is 4. The lowest BCUT2D eigenvalue weighted by atomic mass is 10.1. The summed E-state index contributed by atoms with van der Waals surface area (Å²) in [4.78, 5) is 27.7. The number of ether oxygens (including phenoxy) is 1. The molecule has 0 saturated carbocycles. The molecule has 1 atom stereocenters. The van der Waals surface area contributed by atoms with Gasteiger partial charge < -0.3 is 15.0 Å². The van der Waals surface area contributed by atoms with Gasteiger partial charge >= 0.3 is 0 Å². The van der Waals surface area contributed by atoms with Crippen molar-refractivity contribution < 1.29 is 27.1 Å². The molecule has 0 spiro atoms. The van der Waals surface area contributed by atoms with Gasteiger partial charge in [-0.1, -0.05) is 47.5 Å². The van der Waals surface area contributed by atoms with Crippen LogP contribution in [0.4, 0.5) is 10.1 Å². The number of anilines is 1. The standard InChI is InChI=1S/C31H28Cl2FN3O5S/c1-21(31(39)35-18-22-2-6-24(32)7-3-22)37(19-23-4-8-25(33)9-5-23)30(38)20-42-28-14-16-29(17-15-28)43(40,41)36-27-12-10-26(34)11-13-27/h2-17,21,36H,18-20H2,1H3,(H,35,39)/t21-/m0/s1. The summed E-state index contributed by atoms with van der Waals surface area (Å²) in [6, 6.07) is 23.5. The minimum atomic E-state index is -3.94. The number of rotatable bonds is 12. The third-order valence-electron chi connectivity index (χ3n) is 6.41. The molecular weight excluding hydrogens is 616 g/mol. The third-order valence-corrected chi connectivity index (χ3v) is 8.31. The molecule has 2 N–H and O–H groups in total. The molecule has 43 heavy (non-hydrogen) atoms. The van der Waals surface area contributed by atoms with E-state index < -0.39 is 34.4 Å². The van der Waals surface area contributed by atoms with Gasteiger partial charge in [0.15, 0.2) is 6.61 Å². The lowest BCUT2D eigenvalue weighted by molar-refractivity contribution is -0.142. The Hall–Kier alpha value is -4.12. The molecule has 224 valence electrons. The van der Waals surface area contributed by atoms with Gasteiger partial charge in [0, 0.05) is 28.8 Å². The van der Waals surface area contributed by atoms with E-state index in [0.717, 1.165) is 23.3 Å². The molecule has 4 aromatic carbocycles. The maximum absolute atomic E-state index is 13.3. The summed E-state index contributed by atoms with van der Waals surface area (Å²) >= 11 is 11.9. The number of halogens is 3. The maximum atomic E-state index is 13.3. The molecule has 4 rings (SSSR count). The monoisotopic (exact) mass is 643 g/mol. The highest BCUT2D eigenvalue weighted by molar-refractivity contribution is 7.92. The van der Waals surface area contributed by atoms with Gasteiger partial charge in [0.1, 0.15) is 17.6 Å². The van der Waals surface area contributed by atoms with Gasteiger partial charge in [0.2, 0.25) is 5.91 Å². The zero-order valence-electron chi connectivity index (χ0n) is 23.0. The number of hydrogen-bond acceptors (Lipinski definition) is 5. The topological polar surface area (TPSA) is 105 Å². The Morgan fingerprint density at radius 3 is 1.98 bits per heavy atom. The van der Waals surface area contributed by atoms with Crippen LogP contribution in [0.15, 0.2) is 102 Å². The Labute approximate surface area is 259 Å². The van der Waals surface area contributed by atoms with Gasteiger partial charge in [-0.25, -0.2) is 12.8 Å². The van der Waals surface area contributed by atoms with E-state index in [1.807, 2.05) is 0 Å². The molecule has 0 aliphatic carbocycles. The van der Waals surface area contributed by atoms with E-state index in [2.05, 4.69) is 10.0 Å². The lowest BCUT2D eigenvalue weighted by Crippen LogP contribution is -2.48. The van der Waals surface area contributed by atoms with Crippen molar-refractivity contribution in [2.24, 2.45) is 0 Å². The fraction of sp³-hybridized carbons (Fsp3) is 0.161. The first-order chi connectivity index (χ1) is 20.5. The number of nitrogens with one attached hydrogen (secondary N) is 2. The molecule has 12 heteroatoms. The summed E-state index contributed by atoms with van der Waals surface area (Å²) in [5.41, 5.74) is 1.82. The average molecular weight is 645 g/mol. The van der Waals surface area contributed by atoms with Crippen LogP contribution in [0.3, 0.4) is 0 Å². The second-order valence-electron chi connectivity index (χ2n) is 9.54. The number of carbonyl (C=O) groups excluding carboxylic acids is 2. The Bertz CT molecular complexity index is 1650. The summed E-state index contributed by atoms with van der Waals surface area (Å²) in [5, 5.41) is 3.97. The lowest BCUT2D eigenvalue weighted by Gasteiger charge is -2.29. The van der Waals surface area contributed by atoms with Crippen molar-refractivity contribution in [2.45, 2.75) is 31.0 Å². The van der Waals surface area contributed by atoms with Crippen LogP contribution in [0, 0.1) is 5.82 Å². The summed E-state index contributed by atoms with van der Waals surface area (Å²) in [5.74, 6) is -1.06. The van der Waals surface area contributed by atoms with Crippen molar-refractivity contribution in [3.63, 3.8) is 0 Å². The fourth-order valence-corrected chi connectivity index (χ4v) is 5.29. The molecular formula is C31H28Cl2FN3O5S. The van der Waals surface area contributed by atoms with Crippen LogP contribution < -0.4 is 14.8 Å². The second kappa shape index (κ2) is 14.4. The van der Waals surface area contributed by atoms with Gasteiger partial charge in [-0.3, -0.25) is 14.3 Å². The SMILES string of the molecule is C[C@@H](C(=O)NCc1ccc(Cl)cc1)N(Cc1ccc(Cl)cc1)C(=O)COc1ccc(S(=O)(=O)Nc2ccc(F)cc2)cc1. The number of amides is 2. The minimum absolute atomic E-state index is 0.0501. The molecule has 0 bridgehead atoms. The summed E-state index contributed by atoms with van der Waals surface area (Å²) < 4.78 is 46.5. The van der Waals surface area contributed by atoms with Crippen LogP contribution in [0.1, 0.15) is 18.1 Å². The van der Waals surface area contributed by atoms with Crippen molar-refractivity contribution in [3.8, 4) is 5.75 Å². The van der Waals surface area contributed by atoms with Crippen LogP contribution in [-0.2, 0) is 32.7 Å². The van der Waals surface area contributed by atoms with E-state index in [4.69, 9.17) is 27.9 Å². The highest BCUT2D eigenvalue weighted by atomic mass is 35.5. The van der Waals surface area contributed by atoms with Crippen LogP contribution in [0.25, 0.3) is 0 Å². The van der Waals surface area contributed by atoms with E-state index in [1.165, 1.54) is 41.3 Å². The summed E-state index contributed by atoms with van der Waals surface area (Å²) in [7, 11) is -3.94. The zero-order valence-corrected chi connectivity index (χ0v) is 25.3. The molecule has 0 saturated heterocycles. The first-order valence-electron chi connectivity index (χ1n) is 13.1. The predicted molar refractivity (Wildman–Crippen MR) is 164 cm³/mol. The average Bonchev–Trinajstić information content (AvgIpc) is 3.00. The Kier molecular flexibility index (Phi) is 10.6. The van der Waals surface area contributed by atoms with E-state index in [-0.39, 0.29) is 35.3 Å². The van der Waals surface area contributed by atoms with E-state index >= 15 is 0 Å².